The Labute approximate surface area is 129 Å². The fourth-order valence-corrected chi connectivity index (χ4v) is 2.06. The SMILES string of the molecule is FC(F)(F)C(F)(F)COCCCCCCCCCCCS. The van der Waals surface area contributed by atoms with E-state index in [1.54, 1.807) is 0 Å². The van der Waals surface area contributed by atoms with Crippen LogP contribution in [0.25, 0.3) is 0 Å². The Kier molecular flexibility index (Phi) is 11.5. The number of halogens is 5. The number of ether oxygens (including phenoxy) is 1. The molecule has 128 valence electrons. The minimum Gasteiger partial charge on any atom is -0.375 e. The first-order valence-electron chi connectivity index (χ1n) is 7.44. The summed E-state index contributed by atoms with van der Waals surface area (Å²) >= 11 is 4.13. The van der Waals surface area contributed by atoms with E-state index in [0.717, 1.165) is 37.9 Å². The van der Waals surface area contributed by atoms with Crippen LogP contribution in [0.3, 0.4) is 0 Å². The monoisotopic (exact) mass is 336 g/mol. The van der Waals surface area contributed by atoms with Crippen LogP contribution in [0.4, 0.5) is 22.0 Å². The summed E-state index contributed by atoms with van der Waals surface area (Å²) in [5.41, 5.74) is 0. The van der Waals surface area contributed by atoms with E-state index in [9.17, 15) is 22.0 Å². The van der Waals surface area contributed by atoms with E-state index >= 15 is 0 Å². The zero-order chi connectivity index (χ0) is 16.2. The molecule has 0 aliphatic rings. The topological polar surface area (TPSA) is 9.23 Å². The molecule has 0 rings (SSSR count). The molecule has 0 aliphatic carbocycles. The van der Waals surface area contributed by atoms with Gasteiger partial charge in [0.2, 0.25) is 0 Å². The van der Waals surface area contributed by atoms with Gasteiger partial charge < -0.3 is 4.74 Å². The Balaban J connectivity index is 3.30. The number of hydrogen-bond donors (Lipinski definition) is 1. The third kappa shape index (κ3) is 11.2. The first-order chi connectivity index (χ1) is 9.81. The van der Waals surface area contributed by atoms with E-state index in [2.05, 4.69) is 17.4 Å². The van der Waals surface area contributed by atoms with E-state index in [1.165, 1.54) is 19.3 Å². The molecule has 0 radical (unpaired) electrons. The summed E-state index contributed by atoms with van der Waals surface area (Å²) in [6.45, 7) is -1.63. The zero-order valence-corrected chi connectivity index (χ0v) is 13.1. The highest BCUT2D eigenvalue weighted by molar-refractivity contribution is 7.80. The molecule has 0 heterocycles. The van der Waals surface area contributed by atoms with Crippen LogP contribution in [0.2, 0.25) is 0 Å². The molecule has 0 N–H and O–H groups in total. The third-order valence-electron chi connectivity index (χ3n) is 3.14. The van der Waals surface area contributed by atoms with E-state index in [0.29, 0.717) is 6.42 Å². The predicted octanol–water partition coefficient (Wildman–Crippen LogP) is 5.64. The van der Waals surface area contributed by atoms with E-state index in [-0.39, 0.29) is 6.61 Å². The molecule has 0 aromatic rings. The van der Waals surface area contributed by atoms with Crippen LogP contribution in [0, 0.1) is 0 Å². The molecule has 0 aromatic carbocycles. The quantitative estimate of drug-likeness (QED) is 0.260. The summed E-state index contributed by atoms with van der Waals surface area (Å²) in [5, 5.41) is 0. The Bertz CT molecular complexity index is 246. The van der Waals surface area contributed by atoms with Gasteiger partial charge in [0.15, 0.2) is 0 Å². The zero-order valence-electron chi connectivity index (χ0n) is 12.2. The summed E-state index contributed by atoms with van der Waals surface area (Å²) in [6.07, 6.45) is 3.69. The molecular formula is C14H25F5OS. The van der Waals surface area contributed by atoms with Crippen molar-refractivity contribution in [1.82, 2.24) is 0 Å². The number of alkyl halides is 5. The van der Waals surface area contributed by atoms with Crippen molar-refractivity contribution in [1.29, 1.82) is 0 Å². The van der Waals surface area contributed by atoms with Gasteiger partial charge in [-0.05, 0) is 18.6 Å². The Morgan fingerprint density at radius 1 is 0.667 bits per heavy atom. The molecule has 0 saturated heterocycles. The van der Waals surface area contributed by atoms with Gasteiger partial charge >= 0.3 is 12.1 Å². The fourth-order valence-electron chi connectivity index (χ4n) is 1.84. The molecule has 0 aromatic heterocycles. The van der Waals surface area contributed by atoms with Crippen LogP contribution in [0.5, 0.6) is 0 Å². The molecule has 0 unspecified atom stereocenters. The molecule has 0 aliphatic heterocycles. The molecule has 0 fully saturated rings. The van der Waals surface area contributed by atoms with Crippen molar-refractivity contribution in [2.45, 2.75) is 69.9 Å². The lowest BCUT2D eigenvalue weighted by Gasteiger charge is -2.19. The molecule has 21 heavy (non-hydrogen) atoms. The van der Waals surface area contributed by atoms with Crippen molar-refractivity contribution in [2.75, 3.05) is 19.0 Å². The van der Waals surface area contributed by atoms with Crippen molar-refractivity contribution in [3.05, 3.63) is 0 Å². The molecule has 0 saturated carbocycles. The van der Waals surface area contributed by atoms with Gasteiger partial charge in [-0.25, -0.2) is 0 Å². The minimum atomic E-state index is -5.53. The highest BCUT2D eigenvalue weighted by Gasteiger charge is 2.57. The summed E-state index contributed by atoms with van der Waals surface area (Å²) in [5.74, 6) is -3.83. The second kappa shape index (κ2) is 11.5. The summed E-state index contributed by atoms with van der Waals surface area (Å²) in [7, 11) is 0. The molecule has 1 nitrogen and oxygen atoms in total. The number of hydrogen-bond acceptors (Lipinski definition) is 2. The first-order valence-corrected chi connectivity index (χ1v) is 8.07. The van der Waals surface area contributed by atoms with Crippen LogP contribution >= 0.6 is 12.6 Å². The van der Waals surface area contributed by atoms with Crippen molar-refractivity contribution in [3.63, 3.8) is 0 Å². The smallest absolute Gasteiger partial charge is 0.375 e. The first kappa shape index (κ1) is 21.0. The molecule has 0 spiro atoms. The van der Waals surface area contributed by atoms with Crippen molar-refractivity contribution >= 4 is 12.6 Å². The Morgan fingerprint density at radius 3 is 1.52 bits per heavy atom. The van der Waals surface area contributed by atoms with Gasteiger partial charge in [0.05, 0.1) is 0 Å². The standard InChI is InChI=1S/C14H25F5OS/c15-13(16,14(17,18)19)12-20-10-8-6-4-2-1-3-5-7-9-11-21/h21H,1-12H2. The van der Waals surface area contributed by atoms with E-state index in [1.807, 2.05) is 0 Å². The van der Waals surface area contributed by atoms with Gasteiger partial charge in [-0.3, -0.25) is 0 Å². The van der Waals surface area contributed by atoms with Crippen LogP contribution < -0.4 is 0 Å². The molecule has 0 atom stereocenters. The predicted molar refractivity (Wildman–Crippen MR) is 77.2 cm³/mol. The molecular weight excluding hydrogens is 311 g/mol. The van der Waals surface area contributed by atoms with Gasteiger partial charge in [0, 0.05) is 6.61 Å². The lowest BCUT2D eigenvalue weighted by atomic mass is 10.1. The maximum Gasteiger partial charge on any atom is 0.455 e. The summed E-state index contributed by atoms with van der Waals surface area (Å²) in [4.78, 5) is 0. The Hall–Kier alpha value is -0.0400. The lowest BCUT2D eigenvalue weighted by molar-refractivity contribution is -0.296. The Morgan fingerprint density at radius 2 is 1.10 bits per heavy atom. The highest BCUT2D eigenvalue weighted by Crippen LogP contribution is 2.35. The van der Waals surface area contributed by atoms with Crippen molar-refractivity contribution in [2.24, 2.45) is 0 Å². The second-order valence-electron chi connectivity index (χ2n) is 5.16. The summed E-state index contributed by atoms with van der Waals surface area (Å²) < 4.78 is 64.9. The second-order valence-corrected chi connectivity index (χ2v) is 5.61. The largest absolute Gasteiger partial charge is 0.455 e. The van der Waals surface area contributed by atoms with Gasteiger partial charge in [-0.1, -0.05) is 44.9 Å². The van der Waals surface area contributed by atoms with Crippen LogP contribution in [0.1, 0.15) is 57.8 Å². The normalized spacial score (nSPS) is 12.9. The average molecular weight is 336 g/mol. The third-order valence-corrected chi connectivity index (χ3v) is 3.46. The maximum atomic E-state index is 12.5. The fraction of sp³-hybridized carbons (Fsp3) is 1.00. The minimum absolute atomic E-state index is 0.0480. The number of unbranched alkanes of at least 4 members (excludes halogenated alkanes) is 8. The van der Waals surface area contributed by atoms with Gasteiger partial charge in [-0.15, -0.1) is 0 Å². The van der Waals surface area contributed by atoms with E-state index in [4.69, 9.17) is 0 Å². The van der Waals surface area contributed by atoms with Crippen molar-refractivity contribution in [3.8, 4) is 0 Å². The van der Waals surface area contributed by atoms with Crippen LogP contribution in [-0.2, 0) is 4.74 Å². The number of rotatable bonds is 13. The van der Waals surface area contributed by atoms with Crippen LogP contribution in [-0.4, -0.2) is 31.1 Å². The summed E-state index contributed by atoms with van der Waals surface area (Å²) in [6, 6.07) is 0. The van der Waals surface area contributed by atoms with Crippen LogP contribution in [0.15, 0.2) is 0 Å². The maximum absolute atomic E-state index is 12.5. The molecule has 0 amide bonds. The van der Waals surface area contributed by atoms with Crippen molar-refractivity contribution < 1.29 is 26.7 Å². The lowest BCUT2D eigenvalue weighted by Crippen LogP contribution is -2.40. The molecule has 0 bridgehead atoms. The van der Waals surface area contributed by atoms with E-state index < -0.39 is 18.7 Å². The molecule has 7 heteroatoms. The van der Waals surface area contributed by atoms with Gasteiger partial charge in [0.25, 0.3) is 0 Å². The number of thiol groups is 1. The average Bonchev–Trinajstić information content (AvgIpc) is 2.38. The van der Waals surface area contributed by atoms with Gasteiger partial charge in [-0.2, -0.15) is 34.6 Å². The van der Waals surface area contributed by atoms with Gasteiger partial charge in [0.1, 0.15) is 6.61 Å². The highest BCUT2D eigenvalue weighted by atomic mass is 32.1.